The average Bonchev–Trinajstić information content (AvgIpc) is 2.35. The van der Waals surface area contributed by atoms with E-state index in [9.17, 15) is 4.79 Å². The van der Waals surface area contributed by atoms with Gasteiger partial charge in [0.2, 0.25) is 0 Å². The normalized spacial score (nSPS) is 27.7. The summed E-state index contributed by atoms with van der Waals surface area (Å²) in [5, 5.41) is 8.89. The average molecular weight is 257 g/mol. The second kappa shape index (κ2) is 7.10. The predicted molar refractivity (Wildman–Crippen MR) is 71.5 cm³/mol. The van der Waals surface area contributed by atoms with Gasteiger partial charge in [0.15, 0.2) is 0 Å². The minimum atomic E-state index is -1.12. The highest BCUT2D eigenvalue weighted by Gasteiger charge is 2.27. The zero-order valence-electron chi connectivity index (χ0n) is 11.7. The molecule has 0 heterocycles. The van der Waals surface area contributed by atoms with Gasteiger partial charge in [-0.2, -0.15) is 0 Å². The Bertz CT molecular complexity index is 266. The van der Waals surface area contributed by atoms with Gasteiger partial charge in [0, 0.05) is 6.61 Å². The van der Waals surface area contributed by atoms with Crippen LogP contribution in [-0.2, 0) is 9.53 Å². The van der Waals surface area contributed by atoms with Crippen LogP contribution in [0.15, 0.2) is 0 Å². The molecule has 3 atom stereocenters. The summed E-state index contributed by atoms with van der Waals surface area (Å²) in [6.45, 7) is 4.42. The van der Waals surface area contributed by atoms with Gasteiger partial charge in [0.05, 0.1) is 6.10 Å². The Morgan fingerprint density at radius 3 is 2.83 bits per heavy atom. The first kappa shape index (κ1) is 15.4. The second-order valence-electron chi connectivity index (χ2n) is 5.76. The molecule has 1 aliphatic rings. The number of hydrogen-bond acceptors (Lipinski definition) is 3. The molecule has 0 spiro atoms. The molecule has 0 aromatic carbocycles. The van der Waals surface area contributed by atoms with E-state index in [0.29, 0.717) is 25.6 Å². The molecule has 0 radical (unpaired) electrons. The van der Waals surface area contributed by atoms with Crippen LogP contribution in [-0.4, -0.2) is 29.3 Å². The highest BCUT2D eigenvalue weighted by Crippen LogP contribution is 2.28. The molecular formula is C14H27NO3. The van der Waals surface area contributed by atoms with Gasteiger partial charge in [-0.15, -0.1) is 0 Å². The Morgan fingerprint density at radius 2 is 2.22 bits per heavy atom. The first-order chi connectivity index (χ1) is 8.45. The van der Waals surface area contributed by atoms with Crippen molar-refractivity contribution in [3.63, 3.8) is 0 Å². The van der Waals surface area contributed by atoms with Gasteiger partial charge in [0.25, 0.3) is 0 Å². The van der Waals surface area contributed by atoms with Crippen LogP contribution in [0.2, 0.25) is 0 Å². The number of nitrogens with two attached hydrogens (primary N) is 1. The fraction of sp³-hybridized carbons (Fsp3) is 0.929. The molecule has 3 N–H and O–H groups in total. The fourth-order valence-corrected chi connectivity index (χ4v) is 2.56. The van der Waals surface area contributed by atoms with E-state index < -0.39 is 11.5 Å². The van der Waals surface area contributed by atoms with Crippen LogP contribution in [0.1, 0.15) is 58.8 Å². The number of carboxylic acid groups (broad SMARTS) is 1. The van der Waals surface area contributed by atoms with E-state index in [1.165, 1.54) is 19.3 Å². The maximum Gasteiger partial charge on any atom is 0.323 e. The van der Waals surface area contributed by atoms with Gasteiger partial charge in [-0.1, -0.05) is 26.2 Å². The summed E-state index contributed by atoms with van der Waals surface area (Å²) in [5.41, 5.74) is 4.54. The maximum atomic E-state index is 10.8. The zero-order chi connectivity index (χ0) is 13.6. The van der Waals surface area contributed by atoms with E-state index >= 15 is 0 Å². The highest BCUT2D eigenvalue weighted by molar-refractivity contribution is 5.77. The summed E-state index contributed by atoms with van der Waals surface area (Å²) in [6, 6.07) is 0. The molecule has 1 aliphatic carbocycles. The first-order valence-electron chi connectivity index (χ1n) is 7.09. The van der Waals surface area contributed by atoms with E-state index in [4.69, 9.17) is 15.6 Å². The number of ether oxygens (including phenoxy) is 1. The van der Waals surface area contributed by atoms with E-state index in [1.54, 1.807) is 6.92 Å². The summed E-state index contributed by atoms with van der Waals surface area (Å²) >= 11 is 0. The number of rotatable bonds is 7. The molecule has 18 heavy (non-hydrogen) atoms. The van der Waals surface area contributed by atoms with Crippen LogP contribution >= 0.6 is 0 Å². The monoisotopic (exact) mass is 257 g/mol. The van der Waals surface area contributed by atoms with E-state index in [2.05, 4.69) is 6.92 Å². The van der Waals surface area contributed by atoms with Crippen molar-refractivity contribution < 1.29 is 14.6 Å². The molecule has 0 amide bonds. The topological polar surface area (TPSA) is 72.5 Å². The lowest BCUT2D eigenvalue weighted by Crippen LogP contribution is -2.44. The minimum absolute atomic E-state index is 0.373. The molecule has 3 unspecified atom stereocenters. The van der Waals surface area contributed by atoms with Crippen molar-refractivity contribution in [1.29, 1.82) is 0 Å². The number of aliphatic carboxylic acids is 1. The van der Waals surface area contributed by atoms with Gasteiger partial charge in [-0.3, -0.25) is 4.79 Å². The Kier molecular flexibility index (Phi) is 6.09. The van der Waals surface area contributed by atoms with Crippen LogP contribution in [0.5, 0.6) is 0 Å². The maximum absolute atomic E-state index is 10.8. The molecule has 1 rings (SSSR count). The van der Waals surface area contributed by atoms with E-state index in [-0.39, 0.29) is 0 Å². The summed E-state index contributed by atoms with van der Waals surface area (Å²) in [5.74, 6) is -0.131. The summed E-state index contributed by atoms with van der Waals surface area (Å²) < 4.78 is 5.84. The Balaban J connectivity index is 2.16. The standard InChI is InChI=1S/C14H27NO3/c1-3-11-6-4-7-12(10-11)18-9-5-8-14(2,15)13(16)17/h11-12H,3-10,15H2,1-2H3,(H,16,17). The number of carboxylic acids is 1. The van der Waals surface area contributed by atoms with Gasteiger partial charge >= 0.3 is 5.97 Å². The molecule has 0 aromatic rings. The molecule has 0 aliphatic heterocycles. The van der Waals surface area contributed by atoms with Gasteiger partial charge in [-0.25, -0.2) is 0 Å². The third-order valence-corrected chi connectivity index (χ3v) is 3.99. The smallest absolute Gasteiger partial charge is 0.323 e. The molecule has 106 valence electrons. The minimum Gasteiger partial charge on any atom is -0.480 e. The van der Waals surface area contributed by atoms with Crippen molar-refractivity contribution in [2.45, 2.75) is 70.4 Å². The lowest BCUT2D eigenvalue weighted by atomic mass is 9.85. The first-order valence-corrected chi connectivity index (χ1v) is 7.09. The second-order valence-corrected chi connectivity index (χ2v) is 5.76. The quantitative estimate of drug-likeness (QED) is 0.687. The molecule has 0 saturated heterocycles. The van der Waals surface area contributed by atoms with Crippen LogP contribution in [0.3, 0.4) is 0 Å². The van der Waals surface area contributed by atoms with Crippen LogP contribution in [0.4, 0.5) is 0 Å². The van der Waals surface area contributed by atoms with Gasteiger partial charge < -0.3 is 15.6 Å². The predicted octanol–water partition coefficient (Wildman–Crippen LogP) is 2.55. The molecule has 1 saturated carbocycles. The zero-order valence-corrected chi connectivity index (χ0v) is 11.7. The van der Waals surface area contributed by atoms with Crippen LogP contribution < -0.4 is 5.73 Å². The highest BCUT2D eigenvalue weighted by atomic mass is 16.5. The third-order valence-electron chi connectivity index (χ3n) is 3.99. The molecule has 0 bridgehead atoms. The molecule has 4 heteroatoms. The molecular weight excluding hydrogens is 230 g/mol. The lowest BCUT2D eigenvalue weighted by molar-refractivity contribution is -0.143. The largest absolute Gasteiger partial charge is 0.480 e. The SMILES string of the molecule is CCC1CCCC(OCCCC(C)(N)C(=O)O)C1. The van der Waals surface area contributed by atoms with E-state index in [0.717, 1.165) is 18.8 Å². The van der Waals surface area contributed by atoms with E-state index in [1.807, 2.05) is 0 Å². The number of carbonyl (C=O) groups is 1. The molecule has 0 aromatic heterocycles. The van der Waals surface area contributed by atoms with Crippen LogP contribution in [0, 0.1) is 5.92 Å². The van der Waals surface area contributed by atoms with Crippen molar-refractivity contribution in [2.75, 3.05) is 6.61 Å². The fourth-order valence-electron chi connectivity index (χ4n) is 2.56. The van der Waals surface area contributed by atoms with Crippen molar-refractivity contribution in [2.24, 2.45) is 11.7 Å². The molecule has 4 nitrogen and oxygen atoms in total. The summed E-state index contributed by atoms with van der Waals surface area (Å²) in [6.07, 6.45) is 7.68. The Hall–Kier alpha value is -0.610. The Labute approximate surface area is 110 Å². The Morgan fingerprint density at radius 1 is 1.50 bits per heavy atom. The molecule has 1 fully saturated rings. The van der Waals surface area contributed by atoms with Crippen molar-refractivity contribution >= 4 is 5.97 Å². The van der Waals surface area contributed by atoms with Gasteiger partial charge in [-0.05, 0) is 38.5 Å². The van der Waals surface area contributed by atoms with Crippen molar-refractivity contribution in [3.05, 3.63) is 0 Å². The summed E-state index contributed by atoms with van der Waals surface area (Å²) in [7, 11) is 0. The number of hydrogen-bond donors (Lipinski definition) is 2. The van der Waals surface area contributed by atoms with Crippen LogP contribution in [0.25, 0.3) is 0 Å². The lowest BCUT2D eigenvalue weighted by Gasteiger charge is -2.28. The van der Waals surface area contributed by atoms with Crippen molar-refractivity contribution in [3.8, 4) is 0 Å². The van der Waals surface area contributed by atoms with Gasteiger partial charge in [0.1, 0.15) is 5.54 Å². The summed E-state index contributed by atoms with van der Waals surface area (Å²) in [4.78, 5) is 10.8. The third kappa shape index (κ3) is 4.94. The van der Waals surface area contributed by atoms with Crippen molar-refractivity contribution in [1.82, 2.24) is 0 Å².